The van der Waals surface area contributed by atoms with E-state index in [-0.39, 0.29) is 6.42 Å². The van der Waals surface area contributed by atoms with E-state index in [1.54, 1.807) is 0 Å². The second-order valence-corrected chi connectivity index (χ2v) is 7.34. The van der Waals surface area contributed by atoms with Crippen molar-refractivity contribution >= 4 is 48.7 Å². The Bertz CT molecular complexity index is 882. The van der Waals surface area contributed by atoms with Crippen LogP contribution in [0, 0.1) is 6.92 Å². The van der Waals surface area contributed by atoms with E-state index in [0.717, 1.165) is 37.7 Å². The largest absolute Gasteiger partial charge is 0.481 e. The van der Waals surface area contributed by atoms with Crippen LogP contribution in [0.2, 0.25) is 0 Å². The van der Waals surface area contributed by atoms with Gasteiger partial charge in [-0.1, -0.05) is 44.0 Å². The fourth-order valence-corrected chi connectivity index (χ4v) is 3.50. The molecule has 0 saturated carbocycles. The molecule has 1 heterocycles. The predicted octanol–water partition coefficient (Wildman–Crippen LogP) is 5.15. The van der Waals surface area contributed by atoms with Gasteiger partial charge >= 0.3 is 5.97 Å². The molecule has 0 aliphatic carbocycles. The molecule has 1 aromatic heterocycles. The molecule has 0 amide bonds. The summed E-state index contributed by atoms with van der Waals surface area (Å²) in [4.78, 5) is 11.2. The SMILES string of the molecule is Cc1c(CC(=O)O)c2cc(Br)ccc2n1Cc1ccc(Br)cc1. The summed E-state index contributed by atoms with van der Waals surface area (Å²) in [5.74, 6) is -0.809. The van der Waals surface area contributed by atoms with Gasteiger partial charge in [-0.05, 0) is 48.4 Å². The van der Waals surface area contributed by atoms with Gasteiger partial charge in [-0.25, -0.2) is 0 Å². The third-order valence-electron chi connectivity index (χ3n) is 4.00. The Labute approximate surface area is 151 Å². The standard InChI is InChI=1S/C18H15Br2NO2/c1-11-15(9-18(22)23)16-8-14(20)6-7-17(16)21(11)10-12-2-4-13(19)5-3-12/h2-8H,9-10H2,1H3,(H,22,23). The van der Waals surface area contributed by atoms with Crippen molar-refractivity contribution in [3.05, 3.63) is 68.2 Å². The normalized spacial score (nSPS) is 11.1. The second kappa shape index (κ2) is 6.49. The predicted molar refractivity (Wildman–Crippen MR) is 99.0 cm³/mol. The number of benzene rings is 2. The molecule has 1 N–H and O–H groups in total. The third kappa shape index (κ3) is 3.35. The molecule has 5 heteroatoms. The average molecular weight is 437 g/mol. The number of halogens is 2. The summed E-state index contributed by atoms with van der Waals surface area (Å²) in [6.45, 7) is 2.71. The van der Waals surface area contributed by atoms with E-state index in [1.807, 2.05) is 37.3 Å². The van der Waals surface area contributed by atoms with Gasteiger partial charge in [0.15, 0.2) is 0 Å². The molecule has 3 aromatic rings. The van der Waals surface area contributed by atoms with Crippen molar-refractivity contribution in [2.45, 2.75) is 19.9 Å². The zero-order valence-electron chi connectivity index (χ0n) is 12.5. The minimum Gasteiger partial charge on any atom is -0.481 e. The molecule has 3 nitrogen and oxygen atoms in total. The Morgan fingerprint density at radius 3 is 2.39 bits per heavy atom. The lowest BCUT2D eigenvalue weighted by atomic mass is 10.1. The topological polar surface area (TPSA) is 42.2 Å². The highest BCUT2D eigenvalue weighted by Crippen LogP contribution is 2.30. The minimum atomic E-state index is -0.809. The first-order valence-electron chi connectivity index (χ1n) is 7.19. The number of hydrogen-bond acceptors (Lipinski definition) is 1. The van der Waals surface area contributed by atoms with E-state index in [4.69, 9.17) is 0 Å². The van der Waals surface area contributed by atoms with E-state index in [9.17, 15) is 9.90 Å². The monoisotopic (exact) mass is 435 g/mol. The Kier molecular flexibility index (Phi) is 4.60. The first-order valence-corrected chi connectivity index (χ1v) is 8.78. The third-order valence-corrected chi connectivity index (χ3v) is 5.02. The molecule has 0 atom stereocenters. The number of aromatic nitrogens is 1. The summed E-state index contributed by atoms with van der Waals surface area (Å²) in [5, 5.41) is 10.2. The van der Waals surface area contributed by atoms with Gasteiger partial charge in [0.05, 0.1) is 6.42 Å². The van der Waals surface area contributed by atoms with Crippen LogP contribution in [0.1, 0.15) is 16.8 Å². The number of fused-ring (bicyclic) bond motifs is 1. The number of carboxylic acids is 1. The van der Waals surface area contributed by atoms with E-state index >= 15 is 0 Å². The Morgan fingerprint density at radius 2 is 1.74 bits per heavy atom. The van der Waals surface area contributed by atoms with Crippen molar-refractivity contribution in [3.63, 3.8) is 0 Å². The number of aliphatic carboxylic acids is 1. The van der Waals surface area contributed by atoms with Crippen LogP contribution >= 0.6 is 31.9 Å². The van der Waals surface area contributed by atoms with Crippen molar-refractivity contribution in [1.82, 2.24) is 4.57 Å². The van der Waals surface area contributed by atoms with Gasteiger partial charge in [-0.2, -0.15) is 0 Å². The van der Waals surface area contributed by atoms with Crippen molar-refractivity contribution < 1.29 is 9.90 Å². The Hall–Kier alpha value is -1.59. The maximum Gasteiger partial charge on any atom is 0.307 e. The summed E-state index contributed by atoms with van der Waals surface area (Å²) in [6, 6.07) is 14.2. The maximum absolute atomic E-state index is 11.2. The highest BCUT2D eigenvalue weighted by atomic mass is 79.9. The Morgan fingerprint density at radius 1 is 1.09 bits per heavy atom. The number of hydrogen-bond donors (Lipinski definition) is 1. The fraction of sp³-hybridized carbons (Fsp3) is 0.167. The molecule has 0 spiro atoms. The molecule has 3 rings (SSSR count). The second-order valence-electron chi connectivity index (χ2n) is 5.51. The summed E-state index contributed by atoms with van der Waals surface area (Å²) in [7, 11) is 0. The molecule has 0 radical (unpaired) electrons. The van der Waals surface area contributed by atoms with Crippen LogP contribution in [0.5, 0.6) is 0 Å². The van der Waals surface area contributed by atoms with Gasteiger partial charge in [-0.3, -0.25) is 4.79 Å². The molecule has 2 aromatic carbocycles. The molecular weight excluding hydrogens is 422 g/mol. The zero-order valence-corrected chi connectivity index (χ0v) is 15.7. The summed E-state index contributed by atoms with van der Waals surface area (Å²) in [5.41, 5.74) is 4.12. The van der Waals surface area contributed by atoms with Crippen molar-refractivity contribution in [2.24, 2.45) is 0 Å². The molecule has 0 aliphatic heterocycles. The molecular formula is C18H15Br2NO2. The maximum atomic E-state index is 11.2. The first kappa shape index (κ1) is 16.3. The summed E-state index contributed by atoms with van der Waals surface area (Å²) < 4.78 is 4.19. The van der Waals surface area contributed by atoms with Crippen molar-refractivity contribution in [3.8, 4) is 0 Å². The summed E-state index contributed by atoms with van der Waals surface area (Å²) >= 11 is 6.93. The smallest absolute Gasteiger partial charge is 0.307 e. The van der Waals surface area contributed by atoms with E-state index < -0.39 is 5.97 Å². The first-order chi connectivity index (χ1) is 11.0. The molecule has 0 aliphatic rings. The highest BCUT2D eigenvalue weighted by Gasteiger charge is 2.16. The molecule has 0 saturated heterocycles. The van der Waals surface area contributed by atoms with E-state index in [0.29, 0.717) is 0 Å². The van der Waals surface area contributed by atoms with Crippen LogP contribution in [-0.4, -0.2) is 15.6 Å². The van der Waals surface area contributed by atoms with Crippen LogP contribution in [0.15, 0.2) is 51.4 Å². The lowest BCUT2D eigenvalue weighted by Crippen LogP contribution is -2.05. The summed E-state index contributed by atoms with van der Waals surface area (Å²) in [6.07, 6.45) is 0.0339. The lowest BCUT2D eigenvalue weighted by molar-refractivity contribution is -0.136. The molecule has 118 valence electrons. The number of rotatable bonds is 4. The number of nitrogens with zero attached hydrogens (tertiary/aromatic N) is 1. The molecule has 0 unspecified atom stereocenters. The van der Waals surface area contributed by atoms with Crippen LogP contribution in [0.3, 0.4) is 0 Å². The van der Waals surface area contributed by atoms with Gasteiger partial charge < -0.3 is 9.67 Å². The number of carbonyl (C=O) groups is 1. The van der Waals surface area contributed by atoms with Crippen LogP contribution in [-0.2, 0) is 17.8 Å². The molecule has 23 heavy (non-hydrogen) atoms. The van der Waals surface area contributed by atoms with Gasteiger partial charge in [0.2, 0.25) is 0 Å². The molecule has 0 bridgehead atoms. The van der Waals surface area contributed by atoms with Crippen LogP contribution < -0.4 is 0 Å². The number of carboxylic acid groups (broad SMARTS) is 1. The minimum absolute atomic E-state index is 0.0339. The quantitative estimate of drug-likeness (QED) is 0.614. The van der Waals surface area contributed by atoms with Gasteiger partial charge in [0.1, 0.15) is 0 Å². The average Bonchev–Trinajstić information content (AvgIpc) is 2.74. The van der Waals surface area contributed by atoms with Crippen LogP contribution in [0.4, 0.5) is 0 Å². The van der Waals surface area contributed by atoms with Crippen molar-refractivity contribution in [1.29, 1.82) is 0 Å². The van der Waals surface area contributed by atoms with E-state index in [2.05, 4.69) is 48.6 Å². The lowest BCUT2D eigenvalue weighted by Gasteiger charge is -2.09. The zero-order chi connectivity index (χ0) is 16.6. The van der Waals surface area contributed by atoms with Gasteiger partial charge in [0.25, 0.3) is 0 Å². The molecule has 0 fully saturated rings. The van der Waals surface area contributed by atoms with Gasteiger partial charge in [0, 0.05) is 32.1 Å². The fourth-order valence-electron chi connectivity index (χ4n) is 2.87. The van der Waals surface area contributed by atoms with Gasteiger partial charge in [-0.15, -0.1) is 0 Å². The van der Waals surface area contributed by atoms with Crippen molar-refractivity contribution in [2.75, 3.05) is 0 Å². The van der Waals surface area contributed by atoms with E-state index in [1.165, 1.54) is 5.56 Å². The van der Waals surface area contributed by atoms with Crippen LogP contribution in [0.25, 0.3) is 10.9 Å². The Balaban J connectivity index is 2.14. The highest BCUT2D eigenvalue weighted by molar-refractivity contribution is 9.10.